The van der Waals surface area contributed by atoms with Crippen molar-refractivity contribution in [3.63, 3.8) is 0 Å². The van der Waals surface area contributed by atoms with Crippen LogP contribution in [0.15, 0.2) is 35.2 Å². The highest BCUT2D eigenvalue weighted by Gasteiger charge is 1.96. The number of hydrogen-bond acceptors (Lipinski definition) is 3. The number of thiophene rings is 1. The van der Waals surface area contributed by atoms with E-state index in [2.05, 4.69) is 16.4 Å². The van der Waals surface area contributed by atoms with Crippen molar-refractivity contribution in [2.75, 3.05) is 5.73 Å². The van der Waals surface area contributed by atoms with Crippen molar-refractivity contribution in [1.29, 1.82) is 0 Å². The highest BCUT2D eigenvalue weighted by Crippen LogP contribution is 2.21. The molecule has 0 saturated heterocycles. The summed E-state index contributed by atoms with van der Waals surface area (Å²) >= 11 is 1.68. The first-order chi connectivity index (χ1) is 5.86. The van der Waals surface area contributed by atoms with Crippen molar-refractivity contribution in [2.45, 2.75) is 0 Å². The van der Waals surface area contributed by atoms with Gasteiger partial charge in [0.05, 0.1) is 0 Å². The van der Waals surface area contributed by atoms with E-state index in [1.165, 1.54) is 5.56 Å². The van der Waals surface area contributed by atoms with Crippen LogP contribution in [0.1, 0.15) is 0 Å². The first kappa shape index (κ1) is 7.31. The Kier molecular flexibility index (Phi) is 1.80. The summed E-state index contributed by atoms with van der Waals surface area (Å²) in [7, 11) is 0. The Morgan fingerprint density at radius 2 is 2.08 bits per heavy atom. The number of anilines is 1. The summed E-state index contributed by atoms with van der Waals surface area (Å²) in [5.41, 5.74) is 7.79. The number of rotatable bonds is 1. The van der Waals surface area contributed by atoms with E-state index in [-0.39, 0.29) is 0 Å². The second kappa shape index (κ2) is 2.95. The third-order valence-electron chi connectivity index (χ3n) is 1.64. The monoisotopic (exact) mass is 176 g/mol. The van der Waals surface area contributed by atoms with Crippen molar-refractivity contribution < 1.29 is 0 Å². The number of hydrogen-bond donors (Lipinski definition) is 1. The van der Waals surface area contributed by atoms with Crippen LogP contribution in [0.5, 0.6) is 0 Å². The van der Waals surface area contributed by atoms with E-state index in [4.69, 9.17) is 5.73 Å². The molecule has 0 aromatic carbocycles. The largest absolute Gasteiger partial charge is 0.384 e. The number of nitrogens with two attached hydrogens (primary N) is 1. The molecule has 0 amide bonds. The average molecular weight is 176 g/mol. The molecule has 0 fully saturated rings. The first-order valence-corrected chi connectivity index (χ1v) is 4.54. The van der Waals surface area contributed by atoms with Crippen molar-refractivity contribution in [3.8, 4) is 11.1 Å². The summed E-state index contributed by atoms with van der Waals surface area (Å²) in [4.78, 5) is 4.02. The molecule has 2 N–H and O–H groups in total. The number of nitrogens with zero attached hydrogens (tertiary/aromatic N) is 1. The molecule has 0 radical (unpaired) electrons. The van der Waals surface area contributed by atoms with E-state index in [1.807, 2.05) is 17.5 Å². The summed E-state index contributed by atoms with van der Waals surface area (Å²) in [6, 6.07) is 5.86. The zero-order valence-electron chi connectivity index (χ0n) is 6.40. The van der Waals surface area contributed by atoms with Gasteiger partial charge in [-0.15, -0.1) is 0 Å². The Bertz CT molecular complexity index is 351. The highest BCUT2D eigenvalue weighted by atomic mass is 32.1. The smallest absolute Gasteiger partial charge is 0.123 e. The van der Waals surface area contributed by atoms with E-state index in [9.17, 15) is 0 Å². The Morgan fingerprint density at radius 1 is 1.17 bits per heavy atom. The lowest BCUT2D eigenvalue weighted by molar-refractivity contribution is 1.34. The number of nitrogen functional groups attached to an aromatic ring is 1. The van der Waals surface area contributed by atoms with Crippen molar-refractivity contribution in [2.24, 2.45) is 0 Å². The lowest BCUT2D eigenvalue weighted by atomic mass is 10.2. The van der Waals surface area contributed by atoms with Gasteiger partial charge in [-0.25, -0.2) is 4.98 Å². The van der Waals surface area contributed by atoms with E-state index < -0.39 is 0 Å². The SMILES string of the molecule is Nc1ccc(-c2ccsc2)cn1. The molecule has 2 heterocycles. The molecule has 2 nitrogen and oxygen atoms in total. The molecule has 0 unspecified atom stereocenters. The second-order valence-corrected chi connectivity index (χ2v) is 3.26. The van der Waals surface area contributed by atoms with E-state index in [0.717, 1.165) is 5.56 Å². The summed E-state index contributed by atoms with van der Waals surface area (Å²) in [6.45, 7) is 0. The predicted octanol–water partition coefficient (Wildman–Crippen LogP) is 2.39. The molecule has 0 bridgehead atoms. The van der Waals surface area contributed by atoms with Gasteiger partial charge in [-0.1, -0.05) is 0 Å². The van der Waals surface area contributed by atoms with Gasteiger partial charge in [-0.3, -0.25) is 0 Å². The molecule has 0 saturated carbocycles. The van der Waals surface area contributed by atoms with Gasteiger partial charge in [-0.05, 0) is 34.5 Å². The molecule has 2 aromatic rings. The summed E-state index contributed by atoms with van der Waals surface area (Å²) in [5.74, 6) is 0.564. The zero-order chi connectivity index (χ0) is 8.39. The minimum absolute atomic E-state index is 0.564. The average Bonchev–Trinajstić information content (AvgIpc) is 2.58. The third-order valence-corrected chi connectivity index (χ3v) is 2.32. The molecule has 0 spiro atoms. The second-order valence-electron chi connectivity index (χ2n) is 2.48. The summed E-state index contributed by atoms with van der Waals surface area (Å²) in [5, 5.41) is 4.14. The quantitative estimate of drug-likeness (QED) is 0.724. The van der Waals surface area contributed by atoms with Gasteiger partial charge in [0.15, 0.2) is 0 Å². The normalized spacial score (nSPS) is 10.0. The van der Waals surface area contributed by atoms with Crippen molar-refractivity contribution in [3.05, 3.63) is 35.2 Å². The lowest BCUT2D eigenvalue weighted by Gasteiger charge is -1.96. The van der Waals surface area contributed by atoms with E-state index >= 15 is 0 Å². The van der Waals surface area contributed by atoms with Crippen LogP contribution in [0.2, 0.25) is 0 Å². The van der Waals surface area contributed by atoms with Gasteiger partial charge < -0.3 is 5.73 Å². The minimum atomic E-state index is 0.564. The van der Waals surface area contributed by atoms with Gasteiger partial charge in [0.2, 0.25) is 0 Å². The van der Waals surface area contributed by atoms with E-state index in [1.54, 1.807) is 17.5 Å². The van der Waals surface area contributed by atoms with Crippen LogP contribution in [0, 0.1) is 0 Å². The van der Waals surface area contributed by atoms with Crippen LogP contribution in [-0.4, -0.2) is 4.98 Å². The minimum Gasteiger partial charge on any atom is -0.384 e. The molecule has 2 rings (SSSR count). The Balaban J connectivity index is 2.43. The van der Waals surface area contributed by atoms with Crippen LogP contribution in [0.25, 0.3) is 11.1 Å². The van der Waals surface area contributed by atoms with E-state index in [0.29, 0.717) is 5.82 Å². The van der Waals surface area contributed by atoms with Crippen LogP contribution >= 0.6 is 11.3 Å². The molecule has 0 aliphatic rings. The molecule has 3 heteroatoms. The Hall–Kier alpha value is -1.35. The first-order valence-electron chi connectivity index (χ1n) is 3.60. The molecule has 2 aromatic heterocycles. The Labute approximate surface area is 74.7 Å². The van der Waals surface area contributed by atoms with Crippen LogP contribution in [0.3, 0.4) is 0 Å². The van der Waals surface area contributed by atoms with Gasteiger partial charge >= 0.3 is 0 Å². The summed E-state index contributed by atoms with van der Waals surface area (Å²) < 4.78 is 0. The maximum atomic E-state index is 5.47. The highest BCUT2D eigenvalue weighted by molar-refractivity contribution is 7.08. The molecular formula is C9H8N2S. The van der Waals surface area contributed by atoms with Crippen molar-refractivity contribution in [1.82, 2.24) is 4.98 Å². The number of aromatic nitrogens is 1. The Morgan fingerprint density at radius 3 is 2.67 bits per heavy atom. The molecule has 0 atom stereocenters. The van der Waals surface area contributed by atoms with Gasteiger partial charge in [0, 0.05) is 11.8 Å². The lowest BCUT2D eigenvalue weighted by Crippen LogP contribution is -1.87. The van der Waals surface area contributed by atoms with Gasteiger partial charge in [0.1, 0.15) is 5.82 Å². The molecule has 60 valence electrons. The fourth-order valence-corrected chi connectivity index (χ4v) is 1.67. The van der Waals surface area contributed by atoms with Crippen LogP contribution in [0.4, 0.5) is 5.82 Å². The maximum Gasteiger partial charge on any atom is 0.123 e. The summed E-state index contributed by atoms with van der Waals surface area (Å²) in [6.07, 6.45) is 1.79. The zero-order valence-corrected chi connectivity index (χ0v) is 7.21. The van der Waals surface area contributed by atoms with Crippen LogP contribution < -0.4 is 5.73 Å². The fourth-order valence-electron chi connectivity index (χ4n) is 1.00. The number of pyridine rings is 1. The standard InChI is InChI=1S/C9H8N2S/c10-9-2-1-7(5-11-9)8-3-4-12-6-8/h1-6H,(H2,10,11). The van der Waals surface area contributed by atoms with Crippen molar-refractivity contribution >= 4 is 17.2 Å². The third kappa shape index (κ3) is 1.31. The topological polar surface area (TPSA) is 38.9 Å². The predicted molar refractivity (Wildman–Crippen MR) is 52.0 cm³/mol. The van der Waals surface area contributed by atoms with Crippen LogP contribution in [-0.2, 0) is 0 Å². The molecule has 0 aliphatic carbocycles. The molecule has 12 heavy (non-hydrogen) atoms. The fraction of sp³-hybridized carbons (Fsp3) is 0. The molecule has 0 aliphatic heterocycles. The maximum absolute atomic E-state index is 5.47. The van der Waals surface area contributed by atoms with Gasteiger partial charge in [-0.2, -0.15) is 11.3 Å². The molecular weight excluding hydrogens is 168 g/mol. The van der Waals surface area contributed by atoms with Gasteiger partial charge in [0.25, 0.3) is 0 Å².